The van der Waals surface area contributed by atoms with Crippen LogP contribution in [-0.4, -0.2) is 42.9 Å². The van der Waals surface area contributed by atoms with Gasteiger partial charge in [-0.15, -0.1) is 10.2 Å². The zero-order chi connectivity index (χ0) is 17.2. The zero-order valence-corrected chi connectivity index (χ0v) is 14.3. The average molecular weight is 349 g/mol. The summed E-state index contributed by atoms with van der Waals surface area (Å²) in [6.07, 6.45) is 1.59. The molecule has 2 rings (SSSR count). The summed E-state index contributed by atoms with van der Waals surface area (Å²) in [5, 5.41) is 14.6. The van der Waals surface area contributed by atoms with Gasteiger partial charge in [0, 0.05) is 31.8 Å². The van der Waals surface area contributed by atoms with Crippen LogP contribution in [0.15, 0.2) is 36.4 Å². The lowest BCUT2D eigenvalue weighted by molar-refractivity contribution is 0.0948. The van der Waals surface area contributed by atoms with Crippen LogP contribution in [0.25, 0.3) is 0 Å². The Balaban J connectivity index is 1.75. The largest absolute Gasteiger partial charge is 0.385 e. The molecular formula is C17H21ClN4O2. The molecule has 1 heterocycles. The molecule has 0 bridgehead atoms. The summed E-state index contributed by atoms with van der Waals surface area (Å²) in [4.78, 5) is 12.0. The second-order valence-electron chi connectivity index (χ2n) is 5.21. The van der Waals surface area contributed by atoms with Crippen LogP contribution in [-0.2, 0) is 11.2 Å². The first-order chi connectivity index (χ1) is 11.7. The number of carbonyl (C=O) groups excluding carboxylic acids is 1. The number of carbonyl (C=O) groups is 1. The maximum Gasteiger partial charge on any atom is 0.271 e. The van der Waals surface area contributed by atoms with Gasteiger partial charge in [0.15, 0.2) is 5.69 Å². The van der Waals surface area contributed by atoms with E-state index in [1.807, 2.05) is 24.3 Å². The van der Waals surface area contributed by atoms with Gasteiger partial charge in [-0.1, -0.05) is 23.7 Å². The van der Waals surface area contributed by atoms with Crippen LogP contribution in [0.4, 0.5) is 5.82 Å². The molecule has 1 aromatic heterocycles. The topological polar surface area (TPSA) is 76.1 Å². The van der Waals surface area contributed by atoms with Crippen LogP contribution < -0.4 is 10.6 Å². The van der Waals surface area contributed by atoms with Gasteiger partial charge in [0.25, 0.3) is 5.91 Å². The van der Waals surface area contributed by atoms with E-state index in [0.717, 1.165) is 18.5 Å². The number of ether oxygens (including phenoxy) is 1. The molecule has 0 radical (unpaired) electrons. The van der Waals surface area contributed by atoms with Gasteiger partial charge < -0.3 is 15.4 Å². The number of hydrogen-bond donors (Lipinski definition) is 2. The molecule has 7 heteroatoms. The second-order valence-corrected chi connectivity index (χ2v) is 5.65. The first kappa shape index (κ1) is 18.2. The third-order valence-corrected chi connectivity index (χ3v) is 3.55. The van der Waals surface area contributed by atoms with Gasteiger partial charge in [-0.3, -0.25) is 4.79 Å². The minimum Gasteiger partial charge on any atom is -0.385 e. The average Bonchev–Trinajstić information content (AvgIpc) is 2.59. The number of halogens is 1. The normalized spacial score (nSPS) is 10.4. The van der Waals surface area contributed by atoms with Gasteiger partial charge >= 0.3 is 0 Å². The lowest BCUT2D eigenvalue weighted by atomic mass is 10.1. The van der Waals surface area contributed by atoms with Gasteiger partial charge in [0.05, 0.1) is 0 Å². The van der Waals surface area contributed by atoms with Crippen molar-refractivity contribution in [3.05, 3.63) is 52.7 Å². The minimum atomic E-state index is -0.240. The Labute approximate surface area is 146 Å². The Morgan fingerprint density at radius 2 is 2.08 bits per heavy atom. The standard InChI is InChI=1S/C17H21ClN4O2/c1-24-11-3-9-19-16-7-6-15(21-22-16)17(23)20-10-8-13-4-2-5-14(18)12-13/h2,4-7,12H,3,8-11H2,1H3,(H,19,22)(H,20,23). The van der Waals surface area contributed by atoms with Crippen molar-refractivity contribution in [1.82, 2.24) is 15.5 Å². The third-order valence-electron chi connectivity index (χ3n) is 3.32. The van der Waals surface area contributed by atoms with Crippen molar-refractivity contribution in [1.29, 1.82) is 0 Å². The van der Waals surface area contributed by atoms with Crippen LogP contribution in [0.1, 0.15) is 22.5 Å². The first-order valence-electron chi connectivity index (χ1n) is 7.78. The number of methoxy groups -OCH3 is 1. The highest BCUT2D eigenvalue weighted by Crippen LogP contribution is 2.10. The number of rotatable bonds is 9. The summed E-state index contributed by atoms with van der Waals surface area (Å²) >= 11 is 5.93. The fraction of sp³-hybridized carbons (Fsp3) is 0.353. The van der Waals surface area contributed by atoms with Gasteiger partial charge in [0.1, 0.15) is 5.82 Å². The van der Waals surface area contributed by atoms with E-state index < -0.39 is 0 Å². The number of amides is 1. The quantitative estimate of drug-likeness (QED) is 0.681. The van der Waals surface area contributed by atoms with Gasteiger partial charge in [-0.25, -0.2) is 0 Å². The molecule has 0 aliphatic carbocycles. The van der Waals surface area contributed by atoms with Crippen molar-refractivity contribution < 1.29 is 9.53 Å². The molecule has 0 atom stereocenters. The number of anilines is 1. The van der Waals surface area contributed by atoms with E-state index >= 15 is 0 Å². The number of nitrogens with zero attached hydrogens (tertiary/aromatic N) is 2. The molecule has 0 saturated carbocycles. The molecule has 0 fully saturated rings. The monoisotopic (exact) mass is 348 g/mol. The molecule has 1 aromatic carbocycles. The maximum absolute atomic E-state index is 12.0. The van der Waals surface area contributed by atoms with Crippen LogP contribution in [0.2, 0.25) is 5.02 Å². The lowest BCUT2D eigenvalue weighted by Gasteiger charge is -2.07. The highest BCUT2D eigenvalue weighted by molar-refractivity contribution is 6.30. The van der Waals surface area contributed by atoms with E-state index in [9.17, 15) is 4.79 Å². The Kier molecular flexibility index (Phi) is 7.45. The van der Waals surface area contributed by atoms with E-state index in [4.69, 9.17) is 16.3 Å². The molecule has 128 valence electrons. The highest BCUT2D eigenvalue weighted by Gasteiger charge is 2.07. The number of hydrogen-bond acceptors (Lipinski definition) is 5. The molecular weight excluding hydrogens is 328 g/mol. The number of benzene rings is 1. The first-order valence-corrected chi connectivity index (χ1v) is 8.16. The van der Waals surface area contributed by atoms with Crippen LogP contribution >= 0.6 is 11.6 Å². The third kappa shape index (κ3) is 6.14. The Hall–Kier alpha value is -2.18. The van der Waals surface area contributed by atoms with E-state index in [0.29, 0.717) is 36.1 Å². The van der Waals surface area contributed by atoms with E-state index in [2.05, 4.69) is 20.8 Å². The van der Waals surface area contributed by atoms with Crippen molar-refractivity contribution in [3.63, 3.8) is 0 Å². The number of aromatic nitrogens is 2. The molecule has 1 amide bonds. The molecule has 6 nitrogen and oxygen atoms in total. The summed E-state index contributed by atoms with van der Waals surface area (Å²) in [6, 6.07) is 11.0. The molecule has 2 aromatic rings. The SMILES string of the molecule is COCCCNc1ccc(C(=O)NCCc2cccc(Cl)c2)nn1. The summed E-state index contributed by atoms with van der Waals surface area (Å²) in [5.41, 5.74) is 1.37. The molecule has 0 unspecified atom stereocenters. The molecule has 0 saturated heterocycles. The maximum atomic E-state index is 12.0. The van der Waals surface area contributed by atoms with Crippen molar-refractivity contribution in [2.45, 2.75) is 12.8 Å². The summed E-state index contributed by atoms with van der Waals surface area (Å²) < 4.78 is 4.97. The van der Waals surface area contributed by atoms with Gasteiger partial charge in [-0.05, 0) is 42.7 Å². The highest BCUT2D eigenvalue weighted by atomic mass is 35.5. The van der Waals surface area contributed by atoms with Crippen molar-refractivity contribution in [2.75, 3.05) is 32.1 Å². The predicted molar refractivity (Wildman–Crippen MR) is 94.5 cm³/mol. The molecule has 0 aliphatic heterocycles. The summed E-state index contributed by atoms with van der Waals surface area (Å²) in [6.45, 7) is 1.94. The van der Waals surface area contributed by atoms with E-state index in [1.165, 1.54) is 0 Å². The van der Waals surface area contributed by atoms with Crippen LogP contribution in [0.3, 0.4) is 0 Å². The molecule has 0 spiro atoms. The fourth-order valence-corrected chi connectivity index (χ4v) is 2.30. The lowest BCUT2D eigenvalue weighted by Crippen LogP contribution is -2.26. The predicted octanol–water partition coefficient (Wildman–Crippen LogP) is 2.55. The Morgan fingerprint density at radius 3 is 2.79 bits per heavy atom. The van der Waals surface area contributed by atoms with Crippen molar-refractivity contribution in [3.8, 4) is 0 Å². The zero-order valence-electron chi connectivity index (χ0n) is 13.6. The van der Waals surface area contributed by atoms with Crippen LogP contribution in [0, 0.1) is 0 Å². The second kappa shape index (κ2) is 9.85. The molecule has 24 heavy (non-hydrogen) atoms. The molecule has 2 N–H and O–H groups in total. The van der Waals surface area contributed by atoms with E-state index in [-0.39, 0.29) is 5.91 Å². The summed E-state index contributed by atoms with van der Waals surface area (Å²) in [5.74, 6) is 0.400. The van der Waals surface area contributed by atoms with Crippen LogP contribution in [0.5, 0.6) is 0 Å². The minimum absolute atomic E-state index is 0.240. The van der Waals surface area contributed by atoms with Crippen molar-refractivity contribution >= 4 is 23.3 Å². The summed E-state index contributed by atoms with van der Waals surface area (Å²) in [7, 11) is 1.67. The van der Waals surface area contributed by atoms with Gasteiger partial charge in [0.2, 0.25) is 0 Å². The fourth-order valence-electron chi connectivity index (χ4n) is 2.08. The molecule has 0 aliphatic rings. The van der Waals surface area contributed by atoms with Gasteiger partial charge in [-0.2, -0.15) is 0 Å². The van der Waals surface area contributed by atoms with Crippen molar-refractivity contribution in [2.24, 2.45) is 0 Å². The Morgan fingerprint density at radius 1 is 1.21 bits per heavy atom. The van der Waals surface area contributed by atoms with E-state index in [1.54, 1.807) is 19.2 Å². The number of nitrogens with one attached hydrogen (secondary N) is 2. The smallest absolute Gasteiger partial charge is 0.271 e. The Bertz CT molecular complexity index is 649.